The van der Waals surface area contributed by atoms with E-state index in [1.54, 1.807) is 6.92 Å². The standard InChI is InChI=1S/C6H5ClN2O3.C2H6/c1-3-2-4(7)5(9(11)12)6(10)8-3;1-2/h2H,1H3,(H,8,10);1-2H3. The van der Waals surface area contributed by atoms with Gasteiger partial charge in [-0.05, 0) is 13.0 Å². The topological polar surface area (TPSA) is 76.0 Å². The molecule has 0 unspecified atom stereocenters. The first-order chi connectivity index (χ1) is 6.52. The summed E-state index contributed by atoms with van der Waals surface area (Å²) in [7, 11) is 0. The van der Waals surface area contributed by atoms with Gasteiger partial charge in [0.25, 0.3) is 0 Å². The minimum Gasteiger partial charge on any atom is -0.321 e. The Bertz CT molecular complexity index is 387. The number of halogens is 1. The van der Waals surface area contributed by atoms with Crippen molar-refractivity contribution in [2.45, 2.75) is 20.8 Å². The number of aryl methyl sites for hydroxylation is 1. The van der Waals surface area contributed by atoms with E-state index in [1.165, 1.54) is 6.07 Å². The van der Waals surface area contributed by atoms with Gasteiger partial charge in [0.2, 0.25) is 0 Å². The molecule has 0 saturated heterocycles. The van der Waals surface area contributed by atoms with Crippen LogP contribution in [-0.4, -0.2) is 9.91 Å². The van der Waals surface area contributed by atoms with E-state index >= 15 is 0 Å². The number of aromatic nitrogens is 1. The van der Waals surface area contributed by atoms with Crippen LogP contribution in [0.2, 0.25) is 5.02 Å². The van der Waals surface area contributed by atoms with Crippen molar-refractivity contribution in [3.63, 3.8) is 0 Å². The summed E-state index contributed by atoms with van der Waals surface area (Å²) in [6, 6.07) is 1.33. The largest absolute Gasteiger partial charge is 0.352 e. The second-order valence-electron chi connectivity index (χ2n) is 2.24. The summed E-state index contributed by atoms with van der Waals surface area (Å²) in [5, 5.41) is 10.1. The molecule has 0 amide bonds. The lowest BCUT2D eigenvalue weighted by Gasteiger charge is -1.94. The number of rotatable bonds is 1. The number of nitrogens with one attached hydrogen (secondary N) is 1. The van der Waals surface area contributed by atoms with Crippen LogP contribution in [0.4, 0.5) is 5.69 Å². The first-order valence-corrected chi connectivity index (χ1v) is 4.44. The van der Waals surface area contributed by atoms with Crippen LogP contribution < -0.4 is 5.56 Å². The summed E-state index contributed by atoms with van der Waals surface area (Å²) >= 11 is 5.47. The van der Waals surface area contributed by atoms with Crippen molar-refractivity contribution in [1.82, 2.24) is 4.98 Å². The van der Waals surface area contributed by atoms with Crippen molar-refractivity contribution >= 4 is 17.3 Å². The van der Waals surface area contributed by atoms with E-state index in [1.807, 2.05) is 13.8 Å². The summed E-state index contributed by atoms with van der Waals surface area (Å²) in [4.78, 5) is 22.6. The maximum absolute atomic E-state index is 10.9. The van der Waals surface area contributed by atoms with Gasteiger partial charge in [-0.1, -0.05) is 25.4 Å². The zero-order chi connectivity index (χ0) is 11.3. The van der Waals surface area contributed by atoms with E-state index in [4.69, 9.17) is 11.6 Å². The van der Waals surface area contributed by atoms with Gasteiger partial charge in [0.1, 0.15) is 5.02 Å². The van der Waals surface area contributed by atoms with Crippen LogP contribution in [0.1, 0.15) is 19.5 Å². The SMILES string of the molecule is CC.Cc1cc(Cl)c([N+](=O)[O-])c(=O)[nH]1. The third-order valence-electron chi connectivity index (χ3n) is 1.28. The van der Waals surface area contributed by atoms with Gasteiger partial charge in [0.05, 0.1) is 4.92 Å². The van der Waals surface area contributed by atoms with E-state index in [9.17, 15) is 14.9 Å². The normalized spacial score (nSPS) is 8.86. The van der Waals surface area contributed by atoms with Crippen LogP contribution in [0.25, 0.3) is 0 Å². The van der Waals surface area contributed by atoms with E-state index in [2.05, 4.69) is 4.98 Å². The number of aromatic amines is 1. The smallest absolute Gasteiger partial charge is 0.321 e. The van der Waals surface area contributed by atoms with Crippen molar-refractivity contribution < 1.29 is 4.92 Å². The zero-order valence-corrected chi connectivity index (χ0v) is 8.88. The Morgan fingerprint density at radius 1 is 1.50 bits per heavy atom. The Hall–Kier alpha value is -1.36. The fraction of sp³-hybridized carbons (Fsp3) is 0.375. The lowest BCUT2D eigenvalue weighted by atomic mass is 10.3. The third-order valence-corrected chi connectivity index (χ3v) is 1.57. The third kappa shape index (κ3) is 2.85. The van der Waals surface area contributed by atoms with Crippen LogP contribution in [0, 0.1) is 17.0 Å². The van der Waals surface area contributed by atoms with Crippen molar-refractivity contribution in [1.29, 1.82) is 0 Å². The summed E-state index contributed by atoms with van der Waals surface area (Å²) in [6.45, 7) is 5.59. The minimum absolute atomic E-state index is 0.138. The summed E-state index contributed by atoms with van der Waals surface area (Å²) in [6.07, 6.45) is 0. The van der Waals surface area contributed by atoms with Crippen molar-refractivity contribution in [3.8, 4) is 0 Å². The molecule has 1 aromatic rings. The molecule has 0 fully saturated rings. The van der Waals surface area contributed by atoms with E-state index in [0.29, 0.717) is 5.69 Å². The van der Waals surface area contributed by atoms with Gasteiger partial charge in [-0.25, -0.2) is 0 Å². The molecular formula is C8H11ClN2O3. The summed E-state index contributed by atoms with van der Waals surface area (Å²) in [5.41, 5.74) is -0.886. The molecule has 0 aliphatic heterocycles. The number of hydrogen-bond donors (Lipinski definition) is 1. The molecule has 1 rings (SSSR count). The lowest BCUT2D eigenvalue weighted by Crippen LogP contribution is -2.12. The zero-order valence-electron chi connectivity index (χ0n) is 8.13. The molecule has 0 spiro atoms. The van der Waals surface area contributed by atoms with Gasteiger partial charge < -0.3 is 4.98 Å². The molecule has 1 N–H and O–H groups in total. The molecule has 14 heavy (non-hydrogen) atoms. The molecule has 1 heterocycles. The highest BCUT2D eigenvalue weighted by Gasteiger charge is 2.17. The van der Waals surface area contributed by atoms with Crippen molar-refractivity contribution in [2.75, 3.05) is 0 Å². The van der Waals surface area contributed by atoms with Gasteiger partial charge in [-0.15, -0.1) is 0 Å². The fourth-order valence-electron chi connectivity index (χ4n) is 0.811. The average molecular weight is 219 g/mol. The summed E-state index contributed by atoms with van der Waals surface area (Å²) in [5.74, 6) is 0. The number of hydrogen-bond acceptors (Lipinski definition) is 3. The van der Waals surface area contributed by atoms with Gasteiger partial charge >= 0.3 is 11.2 Å². The number of pyridine rings is 1. The van der Waals surface area contributed by atoms with E-state index < -0.39 is 16.2 Å². The molecule has 0 atom stereocenters. The van der Waals surface area contributed by atoms with Crippen molar-refractivity contribution in [2.24, 2.45) is 0 Å². The van der Waals surface area contributed by atoms with Gasteiger partial charge in [-0.2, -0.15) is 0 Å². The molecule has 0 radical (unpaired) electrons. The highest BCUT2D eigenvalue weighted by Crippen LogP contribution is 2.18. The molecule has 0 aliphatic rings. The molecule has 0 aromatic carbocycles. The maximum Gasteiger partial charge on any atom is 0.352 e. The van der Waals surface area contributed by atoms with Crippen LogP contribution in [0.5, 0.6) is 0 Å². The quantitative estimate of drug-likeness (QED) is 0.580. The van der Waals surface area contributed by atoms with Gasteiger partial charge in [0.15, 0.2) is 0 Å². The molecule has 6 heteroatoms. The molecule has 5 nitrogen and oxygen atoms in total. The fourth-order valence-corrected chi connectivity index (χ4v) is 1.13. The predicted octanol–water partition coefficient (Wildman–Crippen LogP) is 2.27. The molecular weight excluding hydrogens is 208 g/mol. The number of nitro groups is 1. The lowest BCUT2D eigenvalue weighted by molar-refractivity contribution is -0.386. The molecule has 0 bridgehead atoms. The second-order valence-corrected chi connectivity index (χ2v) is 2.64. The summed E-state index contributed by atoms with van der Waals surface area (Å²) < 4.78 is 0. The molecule has 1 aromatic heterocycles. The molecule has 78 valence electrons. The second kappa shape index (κ2) is 5.39. The Morgan fingerprint density at radius 3 is 2.36 bits per heavy atom. The molecule has 0 aliphatic carbocycles. The monoisotopic (exact) mass is 218 g/mol. The van der Waals surface area contributed by atoms with Gasteiger partial charge in [0, 0.05) is 5.69 Å². The van der Waals surface area contributed by atoms with Crippen molar-refractivity contribution in [3.05, 3.63) is 37.3 Å². The molecule has 0 saturated carbocycles. The van der Waals surface area contributed by atoms with Crippen LogP contribution >= 0.6 is 11.6 Å². The highest BCUT2D eigenvalue weighted by atomic mass is 35.5. The van der Waals surface area contributed by atoms with E-state index in [-0.39, 0.29) is 5.02 Å². The average Bonchev–Trinajstić information content (AvgIpc) is 2.04. The van der Waals surface area contributed by atoms with Crippen LogP contribution in [-0.2, 0) is 0 Å². The number of nitrogens with zero attached hydrogens (tertiary/aromatic N) is 1. The van der Waals surface area contributed by atoms with Crippen LogP contribution in [0.3, 0.4) is 0 Å². The Kier molecular flexibility index (Phi) is 4.86. The maximum atomic E-state index is 10.9. The first-order valence-electron chi connectivity index (χ1n) is 4.06. The Balaban J connectivity index is 0.000000791. The Labute approximate surface area is 85.9 Å². The highest BCUT2D eigenvalue weighted by molar-refractivity contribution is 6.32. The number of H-pyrrole nitrogens is 1. The Morgan fingerprint density at radius 2 is 2.00 bits per heavy atom. The van der Waals surface area contributed by atoms with Crippen LogP contribution in [0.15, 0.2) is 10.9 Å². The van der Waals surface area contributed by atoms with E-state index in [0.717, 1.165) is 0 Å². The first kappa shape index (κ1) is 12.6. The predicted molar refractivity (Wildman–Crippen MR) is 54.8 cm³/mol. The van der Waals surface area contributed by atoms with Gasteiger partial charge in [-0.3, -0.25) is 14.9 Å². The minimum atomic E-state index is -0.805.